The summed E-state index contributed by atoms with van der Waals surface area (Å²) in [4.78, 5) is 14.7. The standard InChI is InChI=1S/C14H11F3N2O/c15-14(16,17)12-11(8-9-4-2-1-3-5-9)10(13(18)20)6-7-19-12/h1-7H,8H2,(H2,18,20). The zero-order chi connectivity index (χ0) is 14.8. The van der Waals surface area contributed by atoms with Gasteiger partial charge < -0.3 is 5.73 Å². The normalized spacial score (nSPS) is 11.3. The van der Waals surface area contributed by atoms with Crippen molar-refractivity contribution in [2.24, 2.45) is 5.73 Å². The minimum Gasteiger partial charge on any atom is -0.366 e. The molecular formula is C14H11F3N2O. The van der Waals surface area contributed by atoms with E-state index in [1.807, 2.05) is 0 Å². The van der Waals surface area contributed by atoms with E-state index in [1.165, 1.54) is 6.07 Å². The van der Waals surface area contributed by atoms with Crippen LogP contribution in [0.4, 0.5) is 13.2 Å². The second-order valence-corrected chi connectivity index (χ2v) is 4.21. The molecule has 0 saturated heterocycles. The first-order chi connectivity index (χ1) is 9.39. The van der Waals surface area contributed by atoms with Crippen molar-refractivity contribution >= 4 is 5.91 Å². The Morgan fingerprint density at radius 2 is 1.80 bits per heavy atom. The summed E-state index contributed by atoms with van der Waals surface area (Å²) in [6.07, 6.45) is -3.74. The number of hydrogen-bond donors (Lipinski definition) is 1. The van der Waals surface area contributed by atoms with E-state index >= 15 is 0 Å². The minimum absolute atomic E-state index is 0.0538. The van der Waals surface area contributed by atoms with E-state index < -0.39 is 17.8 Å². The van der Waals surface area contributed by atoms with Crippen LogP contribution >= 0.6 is 0 Å². The Bertz CT molecular complexity index is 624. The fraction of sp³-hybridized carbons (Fsp3) is 0.143. The van der Waals surface area contributed by atoms with Crippen molar-refractivity contribution in [2.45, 2.75) is 12.6 Å². The van der Waals surface area contributed by atoms with Gasteiger partial charge in [0.25, 0.3) is 0 Å². The fourth-order valence-corrected chi connectivity index (χ4v) is 1.95. The van der Waals surface area contributed by atoms with E-state index in [0.29, 0.717) is 5.56 Å². The number of rotatable bonds is 3. The molecule has 0 aliphatic carbocycles. The molecule has 6 heteroatoms. The van der Waals surface area contributed by atoms with Crippen molar-refractivity contribution in [1.29, 1.82) is 0 Å². The molecule has 0 fully saturated rings. The van der Waals surface area contributed by atoms with Crippen LogP contribution in [0, 0.1) is 0 Å². The van der Waals surface area contributed by atoms with E-state index in [2.05, 4.69) is 4.98 Å². The summed E-state index contributed by atoms with van der Waals surface area (Å²) in [6, 6.07) is 9.74. The molecule has 0 saturated carbocycles. The number of amides is 1. The number of nitrogens with two attached hydrogens (primary N) is 1. The summed E-state index contributed by atoms with van der Waals surface area (Å²) in [5.74, 6) is -0.899. The predicted molar refractivity (Wildman–Crippen MR) is 67.0 cm³/mol. The third-order valence-electron chi connectivity index (χ3n) is 2.81. The summed E-state index contributed by atoms with van der Waals surface area (Å²) in [7, 11) is 0. The van der Waals surface area contributed by atoms with Gasteiger partial charge in [0.15, 0.2) is 0 Å². The highest BCUT2D eigenvalue weighted by molar-refractivity contribution is 5.94. The molecule has 1 aromatic heterocycles. The summed E-state index contributed by atoms with van der Waals surface area (Å²) in [5, 5.41) is 0. The number of halogens is 3. The SMILES string of the molecule is NC(=O)c1ccnc(C(F)(F)F)c1Cc1ccccc1. The van der Waals surface area contributed by atoms with Gasteiger partial charge in [-0.3, -0.25) is 9.78 Å². The average Bonchev–Trinajstić information content (AvgIpc) is 2.38. The molecule has 1 heterocycles. The highest BCUT2D eigenvalue weighted by Gasteiger charge is 2.36. The minimum atomic E-state index is -4.63. The molecule has 0 unspecified atom stereocenters. The van der Waals surface area contributed by atoms with Crippen molar-refractivity contribution < 1.29 is 18.0 Å². The van der Waals surface area contributed by atoms with E-state index in [-0.39, 0.29) is 17.5 Å². The first kappa shape index (κ1) is 14.0. The molecule has 1 aromatic carbocycles. The Kier molecular flexibility index (Phi) is 3.74. The maximum Gasteiger partial charge on any atom is 0.433 e. The Morgan fingerprint density at radius 1 is 1.15 bits per heavy atom. The molecule has 20 heavy (non-hydrogen) atoms. The largest absolute Gasteiger partial charge is 0.433 e. The number of carbonyl (C=O) groups is 1. The smallest absolute Gasteiger partial charge is 0.366 e. The number of pyridine rings is 1. The molecule has 0 radical (unpaired) electrons. The lowest BCUT2D eigenvalue weighted by Crippen LogP contribution is -2.20. The van der Waals surface area contributed by atoms with Gasteiger partial charge in [-0.15, -0.1) is 0 Å². The van der Waals surface area contributed by atoms with Gasteiger partial charge in [0.1, 0.15) is 5.69 Å². The molecule has 2 aromatic rings. The van der Waals surface area contributed by atoms with Crippen molar-refractivity contribution in [3.05, 3.63) is 65.0 Å². The Hall–Kier alpha value is -2.37. The van der Waals surface area contributed by atoms with Crippen LogP contribution < -0.4 is 5.73 Å². The number of benzene rings is 1. The summed E-state index contributed by atoms with van der Waals surface area (Å²) in [5.41, 5.74) is 4.37. The Balaban J connectivity index is 2.56. The first-order valence-corrected chi connectivity index (χ1v) is 5.78. The van der Waals surface area contributed by atoms with Gasteiger partial charge in [-0.1, -0.05) is 30.3 Å². The second-order valence-electron chi connectivity index (χ2n) is 4.21. The van der Waals surface area contributed by atoms with Gasteiger partial charge in [-0.2, -0.15) is 13.2 Å². The first-order valence-electron chi connectivity index (χ1n) is 5.78. The molecule has 0 aliphatic rings. The lowest BCUT2D eigenvalue weighted by Gasteiger charge is -2.14. The molecule has 0 spiro atoms. The van der Waals surface area contributed by atoms with Gasteiger partial charge in [0.05, 0.1) is 0 Å². The quantitative estimate of drug-likeness (QED) is 0.939. The van der Waals surface area contributed by atoms with E-state index in [1.54, 1.807) is 30.3 Å². The number of aromatic nitrogens is 1. The van der Waals surface area contributed by atoms with Crippen LogP contribution in [0.2, 0.25) is 0 Å². The third kappa shape index (κ3) is 2.96. The predicted octanol–water partition coefficient (Wildman–Crippen LogP) is 2.79. The van der Waals surface area contributed by atoms with E-state index in [0.717, 1.165) is 6.20 Å². The molecule has 1 amide bonds. The highest BCUT2D eigenvalue weighted by atomic mass is 19.4. The fourth-order valence-electron chi connectivity index (χ4n) is 1.95. The maximum atomic E-state index is 13.0. The van der Waals surface area contributed by atoms with Crippen molar-refractivity contribution in [3.63, 3.8) is 0 Å². The number of primary amides is 1. The summed E-state index contributed by atoms with van der Waals surface area (Å²) < 4.78 is 38.9. The second kappa shape index (κ2) is 5.32. The van der Waals surface area contributed by atoms with E-state index in [4.69, 9.17) is 5.73 Å². The highest BCUT2D eigenvalue weighted by Crippen LogP contribution is 2.32. The van der Waals surface area contributed by atoms with Crippen LogP contribution in [0.25, 0.3) is 0 Å². The van der Waals surface area contributed by atoms with Crippen molar-refractivity contribution in [1.82, 2.24) is 4.98 Å². The van der Waals surface area contributed by atoms with Crippen LogP contribution in [0.3, 0.4) is 0 Å². The van der Waals surface area contributed by atoms with Gasteiger partial charge >= 0.3 is 6.18 Å². The van der Waals surface area contributed by atoms with Crippen LogP contribution in [0.5, 0.6) is 0 Å². The van der Waals surface area contributed by atoms with Crippen molar-refractivity contribution in [3.8, 4) is 0 Å². The average molecular weight is 280 g/mol. The number of nitrogens with zero attached hydrogens (tertiary/aromatic N) is 1. The molecule has 2 N–H and O–H groups in total. The number of hydrogen-bond acceptors (Lipinski definition) is 2. The molecular weight excluding hydrogens is 269 g/mol. The molecule has 3 nitrogen and oxygen atoms in total. The topological polar surface area (TPSA) is 56.0 Å². The zero-order valence-electron chi connectivity index (χ0n) is 10.3. The van der Waals surface area contributed by atoms with Crippen LogP contribution in [-0.4, -0.2) is 10.9 Å². The monoisotopic (exact) mass is 280 g/mol. The van der Waals surface area contributed by atoms with Gasteiger partial charge in [0, 0.05) is 23.7 Å². The maximum absolute atomic E-state index is 13.0. The molecule has 0 atom stereocenters. The lowest BCUT2D eigenvalue weighted by molar-refractivity contribution is -0.141. The summed E-state index contributed by atoms with van der Waals surface area (Å²) >= 11 is 0. The van der Waals surface area contributed by atoms with Gasteiger partial charge in [-0.05, 0) is 11.6 Å². The van der Waals surface area contributed by atoms with Gasteiger partial charge in [-0.25, -0.2) is 0 Å². The zero-order valence-corrected chi connectivity index (χ0v) is 10.3. The summed E-state index contributed by atoms with van der Waals surface area (Å²) in [6.45, 7) is 0. The van der Waals surface area contributed by atoms with Gasteiger partial charge in [0.2, 0.25) is 5.91 Å². The Morgan fingerprint density at radius 3 is 2.35 bits per heavy atom. The van der Waals surface area contributed by atoms with Crippen molar-refractivity contribution in [2.75, 3.05) is 0 Å². The van der Waals surface area contributed by atoms with Crippen LogP contribution in [0.1, 0.15) is 27.2 Å². The molecule has 104 valence electrons. The molecule has 0 bridgehead atoms. The van der Waals surface area contributed by atoms with Crippen LogP contribution in [-0.2, 0) is 12.6 Å². The number of alkyl halides is 3. The van der Waals surface area contributed by atoms with E-state index in [9.17, 15) is 18.0 Å². The number of carbonyl (C=O) groups excluding carboxylic acids is 1. The van der Waals surface area contributed by atoms with Crippen LogP contribution in [0.15, 0.2) is 42.6 Å². The molecule has 0 aliphatic heterocycles. The Labute approximate surface area is 113 Å². The lowest BCUT2D eigenvalue weighted by atomic mass is 9.98. The third-order valence-corrected chi connectivity index (χ3v) is 2.81. The molecule has 2 rings (SSSR count).